The van der Waals surface area contributed by atoms with Gasteiger partial charge in [0.15, 0.2) is 5.82 Å². The van der Waals surface area contributed by atoms with Crippen molar-refractivity contribution in [3.05, 3.63) is 76.5 Å². The first-order chi connectivity index (χ1) is 14.8. The fraction of sp³-hybridized carbons (Fsp3) is 0.182. The van der Waals surface area contributed by atoms with Crippen molar-refractivity contribution in [3.63, 3.8) is 0 Å². The molecule has 0 saturated heterocycles. The van der Waals surface area contributed by atoms with E-state index in [0.29, 0.717) is 11.6 Å². The quantitative estimate of drug-likeness (QED) is 0.401. The molecular weight excluding hydrogens is 414 g/mol. The van der Waals surface area contributed by atoms with Crippen molar-refractivity contribution >= 4 is 34.7 Å². The summed E-state index contributed by atoms with van der Waals surface area (Å²) in [5, 5.41) is 17.2. The number of anilines is 1. The van der Waals surface area contributed by atoms with Gasteiger partial charge in [-0.25, -0.2) is 4.68 Å². The molecule has 0 radical (unpaired) electrons. The van der Waals surface area contributed by atoms with E-state index in [-0.39, 0.29) is 5.91 Å². The number of nitrogens with zero attached hydrogens (tertiary/aromatic N) is 4. The lowest BCUT2D eigenvalue weighted by atomic mass is 10.1. The number of benzene rings is 2. The zero-order valence-electron chi connectivity index (χ0n) is 16.1. The molecule has 5 rings (SSSR count). The van der Waals surface area contributed by atoms with Gasteiger partial charge in [0.25, 0.3) is 5.91 Å². The molecule has 0 unspecified atom stereocenters. The van der Waals surface area contributed by atoms with Crippen LogP contribution in [-0.2, 0) is 5.75 Å². The van der Waals surface area contributed by atoms with Crippen molar-refractivity contribution in [2.24, 2.45) is 0 Å². The average Bonchev–Trinajstić information content (AvgIpc) is 3.26. The molecule has 8 heteroatoms. The van der Waals surface area contributed by atoms with Crippen LogP contribution in [0.3, 0.4) is 0 Å². The van der Waals surface area contributed by atoms with Crippen molar-refractivity contribution in [1.29, 1.82) is 0 Å². The van der Waals surface area contributed by atoms with Crippen LogP contribution in [0.4, 0.5) is 5.69 Å². The monoisotopic (exact) mass is 433 g/mol. The van der Waals surface area contributed by atoms with Gasteiger partial charge in [0.2, 0.25) is 0 Å². The fourth-order valence-electron chi connectivity index (χ4n) is 3.21. The van der Waals surface area contributed by atoms with Crippen LogP contribution in [0.15, 0.2) is 70.9 Å². The van der Waals surface area contributed by atoms with E-state index in [9.17, 15) is 4.79 Å². The Hall–Kier alpha value is -2.97. The number of hydrogen-bond acceptors (Lipinski definition) is 6. The minimum absolute atomic E-state index is 0.122. The van der Waals surface area contributed by atoms with Gasteiger partial charge in [-0.1, -0.05) is 30.3 Å². The number of thiophene rings is 1. The maximum atomic E-state index is 13.0. The number of carbonyl (C=O) groups is 1. The third-order valence-electron chi connectivity index (χ3n) is 4.85. The summed E-state index contributed by atoms with van der Waals surface area (Å²) in [6.45, 7) is 0. The summed E-state index contributed by atoms with van der Waals surface area (Å²) >= 11 is 3.40. The number of aromatic nitrogens is 4. The second-order valence-electron chi connectivity index (χ2n) is 7.08. The van der Waals surface area contributed by atoms with Crippen molar-refractivity contribution < 1.29 is 4.79 Å². The molecule has 1 fully saturated rings. The topological polar surface area (TPSA) is 72.7 Å². The van der Waals surface area contributed by atoms with E-state index in [4.69, 9.17) is 0 Å². The Labute approximate surface area is 182 Å². The SMILES string of the molecule is O=C(Nc1cccc(-c2nnnn2C2CC2)c1)c1ccccc1SCc1cccs1. The molecule has 150 valence electrons. The van der Waals surface area contributed by atoms with E-state index in [1.807, 2.05) is 59.3 Å². The maximum Gasteiger partial charge on any atom is 0.256 e. The molecule has 1 aliphatic rings. The van der Waals surface area contributed by atoms with Gasteiger partial charge in [-0.2, -0.15) is 0 Å². The zero-order valence-corrected chi connectivity index (χ0v) is 17.7. The summed E-state index contributed by atoms with van der Waals surface area (Å²) in [6.07, 6.45) is 2.21. The van der Waals surface area contributed by atoms with Crippen LogP contribution >= 0.6 is 23.1 Å². The highest BCUT2D eigenvalue weighted by Crippen LogP contribution is 2.37. The van der Waals surface area contributed by atoms with Gasteiger partial charge >= 0.3 is 0 Å². The Morgan fingerprint density at radius 2 is 2.03 bits per heavy atom. The highest BCUT2D eigenvalue weighted by molar-refractivity contribution is 7.98. The molecule has 30 heavy (non-hydrogen) atoms. The van der Waals surface area contributed by atoms with E-state index in [0.717, 1.165) is 40.6 Å². The van der Waals surface area contributed by atoms with Crippen LogP contribution in [0.25, 0.3) is 11.4 Å². The van der Waals surface area contributed by atoms with Gasteiger partial charge in [-0.05, 0) is 59.0 Å². The summed E-state index contributed by atoms with van der Waals surface area (Å²) in [5.74, 6) is 1.46. The summed E-state index contributed by atoms with van der Waals surface area (Å²) in [5.41, 5.74) is 2.29. The normalized spacial score (nSPS) is 13.3. The Morgan fingerprint density at radius 3 is 2.87 bits per heavy atom. The molecule has 0 atom stereocenters. The van der Waals surface area contributed by atoms with E-state index in [1.165, 1.54) is 4.88 Å². The van der Waals surface area contributed by atoms with E-state index in [2.05, 4.69) is 32.3 Å². The third kappa shape index (κ3) is 4.15. The largest absolute Gasteiger partial charge is 0.322 e. The molecule has 0 aliphatic heterocycles. The van der Waals surface area contributed by atoms with Crippen LogP contribution in [0.1, 0.15) is 34.1 Å². The predicted octanol–water partition coefficient (Wildman–Crippen LogP) is 5.28. The molecule has 1 saturated carbocycles. The fourth-order valence-corrected chi connectivity index (χ4v) is 5.03. The van der Waals surface area contributed by atoms with E-state index in [1.54, 1.807) is 23.1 Å². The van der Waals surface area contributed by atoms with Crippen molar-refractivity contribution in [2.45, 2.75) is 29.5 Å². The standard InChI is InChI=1S/C22H19N5OS2/c28-22(19-8-1-2-9-20(19)30-14-18-7-4-12-29-18)23-16-6-3-5-15(13-16)21-24-25-26-27(21)17-10-11-17/h1-9,12-13,17H,10-11,14H2,(H,23,28). The third-order valence-corrected chi connectivity index (χ3v) is 7.03. The lowest BCUT2D eigenvalue weighted by Gasteiger charge is -2.11. The van der Waals surface area contributed by atoms with E-state index < -0.39 is 0 Å². The number of nitrogens with one attached hydrogen (secondary N) is 1. The molecule has 6 nitrogen and oxygen atoms in total. The van der Waals surface area contributed by atoms with Crippen LogP contribution in [-0.4, -0.2) is 26.1 Å². The number of carbonyl (C=O) groups excluding carboxylic acids is 1. The highest BCUT2D eigenvalue weighted by Gasteiger charge is 2.28. The lowest BCUT2D eigenvalue weighted by molar-refractivity contribution is 0.102. The Morgan fingerprint density at radius 1 is 1.13 bits per heavy atom. The van der Waals surface area contributed by atoms with Gasteiger partial charge < -0.3 is 5.32 Å². The van der Waals surface area contributed by atoms with Crippen LogP contribution in [0.2, 0.25) is 0 Å². The first-order valence-electron chi connectivity index (χ1n) is 9.72. The number of amides is 1. The Kier molecular flexibility index (Phi) is 5.33. The van der Waals surface area contributed by atoms with Gasteiger partial charge in [0.05, 0.1) is 11.6 Å². The minimum Gasteiger partial charge on any atom is -0.322 e. The first kappa shape index (κ1) is 19.0. The summed E-state index contributed by atoms with van der Waals surface area (Å²) < 4.78 is 1.87. The number of hydrogen-bond donors (Lipinski definition) is 1. The molecule has 1 aliphatic carbocycles. The van der Waals surface area contributed by atoms with Gasteiger partial charge in [0.1, 0.15) is 0 Å². The van der Waals surface area contributed by atoms with Crippen LogP contribution in [0, 0.1) is 0 Å². The summed E-state index contributed by atoms with van der Waals surface area (Å²) in [6, 6.07) is 19.9. The molecule has 1 N–H and O–H groups in total. The first-order valence-corrected chi connectivity index (χ1v) is 11.6. The summed E-state index contributed by atoms with van der Waals surface area (Å²) in [4.78, 5) is 15.3. The second kappa shape index (κ2) is 8.41. The number of thioether (sulfide) groups is 1. The summed E-state index contributed by atoms with van der Waals surface area (Å²) in [7, 11) is 0. The van der Waals surface area contributed by atoms with Crippen molar-refractivity contribution in [1.82, 2.24) is 20.2 Å². The molecular formula is C22H19N5OS2. The molecule has 2 aromatic carbocycles. The predicted molar refractivity (Wildman–Crippen MR) is 120 cm³/mol. The van der Waals surface area contributed by atoms with Crippen LogP contribution in [0.5, 0.6) is 0 Å². The molecule has 1 amide bonds. The zero-order chi connectivity index (χ0) is 20.3. The average molecular weight is 434 g/mol. The molecule has 4 aromatic rings. The van der Waals surface area contributed by atoms with Gasteiger partial charge in [-0.15, -0.1) is 28.2 Å². The molecule has 2 heterocycles. The lowest BCUT2D eigenvalue weighted by Crippen LogP contribution is -2.13. The minimum atomic E-state index is -0.122. The molecule has 0 spiro atoms. The van der Waals surface area contributed by atoms with Crippen LogP contribution < -0.4 is 5.32 Å². The Balaban J connectivity index is 1.34. The smallest absolute Gasteiger partial charge is 0.256 e. The Bertz CT molecular complexity index is 1170. The van der Waals surface area contributed by atoms with Crippen molar-refractivity contribution in [2.75, 3.05) is 5.32 Å². The molecule has 2 aromatic heterocycles. The van der Waals surface area contributed by atoms with Gasteiger partial charge in [0, 0.05) is 26.8 Å². The number of rotatable bonds is 7. The van der Waals surface area contributed by atoms with E-state index >= 15 is 0 Å². The number of tetrazole rings is 1. The molecule has 0 bridgehead atoms. The maximum absolute atomic E-state index is 13.0. The highest BCUT2D eigenvalue weighted by atomic mass is 32.2. The second-order valence-corrected chi connectivity index (χ2v) is 9.13. The van der Waals surface area contributed by atoms with Gasteiger partial charge in [-0.3, -0.25) is 4.79 Å². The van der Waals surface area contributed by atoms with Crippen molar-refractivity contribution in [3.8, 4) is 11.4 Å².